The van der Waals surface area contributed by atoms with Crippen LogP contribution in [0.4, 0.5) is 0 Å². The zero-order chi connectivity index (χ0) is 45.0. The van der Waals surface area contributed by atoms with Crippen molar-refractivity contribution in [2.75, 3.05) is 0 Å². The van der Waals surface area contributed by atoms with Crippen LogP contribution in [-0.4, -0.2) is 29.9 Å². The zero-order valence-corrected chi connectivity index (χ0v) is 36.8. The Morgan fingerprint density at radius 2 is 0.647 bits per heavy atom. The van der Waals surface area contributed by atoms with Gasteiger partial charge in [-0.25, -0.2) is 24.9 Å². The van der Waals surface area contributed by atoms with E-state index in [4.69, 9.17) is 24.9 Å². The van der Waals surface area contributed by atoms with Gasteiger partial charge in [0.2, 0.25) is 0 Å². The lowest BCUT2D eigenvalue weighted by Gasteiger charge is -2.42. The maximum Gasteiger partial charge on any atom is 0.164 e. The summed E-state index contributed by atoms with van der Waals surface area (Å²) < 4.78 is 0. The van der Waals surface area contributed by atoms with Gasteiger partial charge in [-0.15, -0.1) is 0 Å². The lowest BCUT2D eigenvalue weighted by Crippen LogP contribution is -2.27. The van der Waals surface area contributed by atoms with E-state index in [1.54, 1.807) is 6.20 Å². The molecule has 0 radical (unpaired) electrons. The van der Waals surface area contributed by atoms with E-state index in [0.29, 0.717) is 23.3 Å². The predicted molar refractivity (Wildman–Crippen MR) is 271 cm³/mol. The van der Waals surface area contributed by atoms with Gasteiger partial charge in [-0.05, 0) is 80.4 Å². The molecule has 0 saturated heterocycles. The van der Waals surface area contributed by atoms with E-state index in [1.807, 2.05) is 66.9 Å². The molecule has 2 unspecified atom stereocenters. The van der Waals surface area contributed by atoms with Crippen LogP contribution in [0.25, 0.3) is 90.3 Å². The molecule has 0 spiro atoms. The van der Waals surface area contributed by atoms with E-state index in [0.717, 1.165) is 61.5 Å². The first-order chi connectivity index (χ1) is 33.7. The fourth-order valence-corrected chi connectivity index (χ4v) is 10.2. The quantitative estimate of drug-likeness (QED) is 0.151. The Morgan fingerprint density at radius 1 is 0.235 bits per heavy atom. The van der Waals surface area contributed by atoms with Crippen molar-refractivity contribution in [3.8, 4) is 90.3 Å². The summed E-state index contributed by atoms with van der Waals surface area (Å²) in [5, 5.41) is 0. The minimum Gasteiger partial charge on any atom is -0.264 e. The van der Waals surface area contributed by atoms with E-state index in [2.05, 4.69) is 163 Å². The van der Waals surface area contributed by atoms with Gasteiger partial charge in [0.05, 0.1) is 11.4 Å². The molecule has 3 aliphatic carbocycles. The first-order valence-corrected chi connectivity index (χ1v) is 23.0. The third-order valence-electron chi connectivity index (χ3n) is 13.4. The van der Waals surface area contributed by atoms with Gasteiger partial charge in [0, 0.05) is 63.2 Å². The van der Waals surface area contributed by atoms with Gasteiger partial charge < -0.3 is 0 Å². The SMILES string of the molecule is c1ccc(-c2nc(-c3ccc(-c4ccc5c(c4)C4c6ccccc6C5c5cc(-c6nc(-c7ccccc7)nc(-c7ccccc7)n6)ccc54)cc3)cc(-c3cccc(-c4cccnc4)c3)n2)cc1. The Labute approximate surface area is 394 Å². The van der Waals surface area contributed by atoms with Gasteiger partial charge >= 0.3 is 0 Å². The van der Waals surface area contributed by atoms with Crippen molar-refractivity contribution in [1.82, 2.24) is 29.9 Å². The number of aromatic nitrogens is 6. The highest BCUT2D eigenvalue weighted by atomic mass is 15.0. The van der Waals surface area contributed by atoms with Crippen molar-refractivity contribution in [1.29, 1.82) is 0 Å². The lowest BCUT2D eigenvalue weighted by molar-refractivity contribution is 0.755. The van der Waals surface area contributed by atoms with E-state index in [9.17, 15) is 0 Å². The van der Waals surface area contributed by atoms with Crippen LogP contribution in [-0.2, 0) is 0 Å². The molecule has 0 fully saturated rings. The second-order valence-corrected chi connectivity index (χ2v) is 17.4. The number of benzene rings is 8. The fraction of sp³-hybridized carbons (Fsp3) is 0.0323. The molecule has 0 amide bonds. The summed E-state index contributed by atoms with van der Waals surface area (Å²) in [7, 11) is 0. The molecule has 11 aromatic rings. The van der Waals surface area contributed by atoms with Crippen molar-refractivity contribution < 1.29 is 0 Å². The maximum atomic E-state index is 5.14. The molecular formula is C62H40N6. The molecule has 3 heterocycles. The summed E-state index contributed by atoms with van der Waals surface area (Å²) in [4.78, 5) is 29.7. The summed E-state index contributed by atoms with van der Waals surface area (Å²) in [6, 6.07) is 76.9. The molecule has 6 heteroatoms. The highest BCUT2D eigenvalue weighted by Gasteiger charge is 2.41. The third-order valence-corrected chi connectivity index (χ3v) is 13.4. The van der Waals surface area contributed by atoms with Crippen molar-refractivity contribution in [3.05, 3.63) is 264 Å². The molecule has 3 aromatic heterocycles. The van der Waals surface area contributed by atoms with Crippen LogP contribution in [0, 0.1) is 0 Å². The summed E-state index contributed by atoms with van der Waals surface area (Å²) in [6.45, 7) is 0. The van der Waals surface area contributed by atoms with Gasteiger partial charge in [-0.2, -0.15) is 0 Å². The minimum absolute atomic E-state index is 0.0809. The van der Waals surface area contributed by atoms with Crippen LogP contribution in [0.3, 0.4) is 0 Å². The smallest absolute Gasteiger partial charge is 0.164 e. The highest BCUT2D eigenvalue weighted by molar-refractivity contribution is 5.79. The molecule has 2 bridgehead atoms. The Hall–Kier alpha value is -9.00. The highest BCUT2D eigenvalue weighted by Crippen LogP contribution is 2.56. The standard InChI is InChI=1S/C62H40N6/c1-4-14-41(15-5-1)59-64-55(37-56(65-59)46-21-12-20-44(34-46)48-22-13-33-63-38-48)40-27-25-39(26-28-40)45-29-31-51-53(35-45)57-49-23-10-11-24-50(49)58(51)54-36-47(30-32-52(54)57)62-67-60(42-16-6-2-7-17-42)66-61(68-62)43-18-8-3-9-19-43/h1-38,57-58H. The second-order valence-electron chi connectivity index (χ2n) is 17.4. The molecule has 14 rings (SSSR count). The number of hydrogen-bond donors (Lipinski definition) is 0. The first kappa shape index (κ1) is 39.4. The van der Waals surface area contributed by atoms with E-state index < -0.39 is 0 Å². The van der Waals surface area contributed by atoms with Crippen molar-refractivity contribution >= 4 is 0 Å². The molecule has 2 atom stereocenters. The van der Waals surface area contributed by atoms with Crippen LogP contribution in [0.1, 0.15) is 45.2 Å². The monoisotopic (exact) mass is 868 g/mol. The van der Waals surface area contributed by atoms with Gasteiger partial charge in [-0.1, -0.05) is 188 Å². The summed E-state index contributed by atoms with van der Waals surface area (Å²) in [5.41, 5.74) is 20.2. The van der Waals surface area contributed by atoms with Crippen LogP contribution >= 0.6 is 0 Å². The van der Waals surface area contributed by atoms with Crippen LogP contribution < -0.4 is 0 Å². The van der Waals surface area contributed by atoms with Crippen LogP contribution in [0.2, 0.25) is 0 Å². The third kappa shape index (κ3) is 6.98. The summed E-state index contributed by atoms with van der Waals surface area (Å²) >= 11 is 0. The Morgan fingerprint density at radius 3 is 1.22 bits per heavy atom. The van der Waals surface area contributed by atoms with Crippen molar-refractivity contribution in [3.63, 3.8) is 0 Å². The molecule has 0 aliphatic heterocycles. The van der Waals surface area contributed by atoms with Crippen LogP contribution in [0.15, 0.2) is 231 Å². The van der Waals surface area contributed by atoms with Crippen LogP contribution in [0.5, 0.6) is 0 Å². The number of pyridine rings is 1. The topological polar surface area (TPSA) is 77.3 Å². The molecule has 68 heavy (non-hydrogen) atoms. The van der Waals surface area contributed by atoms with E-state index in [-0.39, 0.29) is 11.8 Å². The first-order valence-electron chi connectivity index (χ1n) is 23.0. The van der Waals surface area contributed by atoms with Crippen molar-refractivity contribution in [2.24, 2.45) is 0 Å². The molecule has 6 nitrogen and oxygen atoms in total. The fourth-order valence-electron chi connectivity index (χ4n) is 10.2. The average molecular weight is 869 g/mol. The maximum absolute atomic E-state index is 5.14. The normalized spacial score (nSPS) is 14.2. The van der Waals surface area contributed by atoms with Gasteiger partial charge in [-0.3, -0.25) is 4.98 Å². The zero-order valence-electron chi connectivity index (χ0n) is 36.8. The second kappa shape index (κ2) is 16.5. The average Bonchev–Trinajstić information content (AvgIpc) is 3.43. The Bertz CT molecular complexity index is 3610. The number of rotatable bonds is 8. The van der Waals surface area contributed by atoms with Gasteiger partial charge in [0.15, 0.2) is 23.3 Å². The van der Waals surface area contributed by atoms with E-state index >= 15 is 0 Å². The van der Waals surface area contributed by atoms with Crippen molar-refractivity contribution in [2.45, 2.75) is 11.8 Å². The van der Waals surface area contributed by atoms with Gasteiger partial charge in [0.25, 0.3) is 0 Å². The lowest BCUT2D eigenvalue weighted by atomic mass is 9.60. The molecule has 0 N–H and O–H groups in total. The number of nitrogens with zero attached hydrogens (tertiary/aromatic N) is 6. The molecular weight excluding hydrogens is 829 g/mol. The predicted octanol–water partition coefficient (Wildman–Crippen LogP) is 14.4. The summed E-state index contributed by atoms with van der Waals surface area (Å²) in [5.74, 6) is 2.85. The molecule has 8 aromatic carbocycles. The Kier molecular flexibility index (Phi) is 9.53. The number of hydrogen-bond acceptors (Lipinski definition) is 6. The molecule has 318 valence electrons. The largest absolute Gasteiger partial charge is 0.264 e. The Balaban J connectivity index is 0.859. The molecule has 0 saturated carbocycles. The summed E-state index contributed by atoms with van der Waals surface area (Å²) in [6.07, 6.45) is 3.69. The molecule has 3 aliphatic rings. The van der Waals surface area contributed by atoms with Gasteiger partial charge in [0.1, 0.15) is 0 Å². The minimum atomic E-state index is 0.0809. The van der Waals surface area contributed by atoms with E-state index in [1.165, 1.54) is 38.9 Å².